The smallest absolute Gasteiger partial charge is 0.185 e. The largest absolute Gasteiger partial charge is 0.292 e. The van der Waals surface area contributed by atoms with E-state index in [-0.39, 0.29) is 12.2 Å². The van der Waals surface area contributed by atoms with Crippen molar-refractivity contribution in [3.05, 3.63) is 63.4 Å². The minimum atomic E-state index is -0.0218. The zero-order valence-electron chi connectivity index (χ0n) is 9.78. The molecule has 0 atom stereocenters. The van der Waals surface area contributed by atoms with E-state index in [0.717, 1.165) is 11.1 Å². The van der Waals surface area contributed by atoms with Crippen LogP contribution in [0.1, 0.15) is 21.6 Å². The Hall–Kier alpha value is -1.38. The van der Waals surface area contributed by atoms with Crippen LogP contribution in [-0.4, -0.2) is 10.8 Å². The third-order valence-corrected chi connectivity index (χ3v) is 3.36. The summed E-state index contributed by atoms with van der Waals surface area (Å²) in [5.74, 6) is -0.0218. The number of aryl methyl sites for hydroxylation is 1. The summed E-state index contributed by atoms with van der Waals surface area (Å²) in [5.41, 5.74) is 2.21. The van der Waals surface area contributed by atoms with Gasteiger partial charge in [0, 0.05) is 12.6 Å². The fourth-order valence-corrected chi connectivity index (χ4v) is 2.02. The number of aromatic nitrogens is 1. The molecule has 0 bridgehead atoms. The third kappa shape index (κ3) is 2.89. The molecule has 0 unspecified atom stereocenters. The molecule has 0 saturated heterocycles. The second-order valence-corrected chi connectivity index (χ2v) is 4.83. The van der Waals surface area contributed by atoms with Crippen LogP contribution in [0.2, 0.25) is 10.0 Å². The van der Waals surface area contributed by atoms with E-state index >= 15 is 0 Å². The van der Waals surface area contributed by atoms with Crippen molar-refractivity contribution in [2.75, 3.05) is 0 Å². The topological polar surface area (TPSA) is 30.0 Å². The van der Waals surface area contributed by atoms with Gasteiger partial charge in [-0.15, -0.1) is 0 Å². The highest BCUT2D eigenvalue weighted by molar-refractivity contribution is 6.42. The van der Waals surface area contributed by atoms with Crippen molar-refractivity contribution in [2.45, 2.75) is 13.3 Å². The molecule has 0 fully saturated rings. The van der Waals surface area contributed by atoms with E-state index in [1.807, 2.05) is 19.1 Å². The number of halogens is 2. The van der Waals surface area contributed by atoms with Crippen molar-refractivity contribution in [3.63, 3.8) is 0 Å². The Labute approximate surface area is 116 Å². The van der Waals surface area contributed by atoms with Gasteiger partial charge in [-0.05, 0) is 36.2 Å². The first kappa shape index (κ1) is 13.1. The van der Waals surface area contributed by atoms with E-state index < -0.39 is 0 Å². The summed E-state index contributed by atoms with van der Waals surface area (Å²) in [6, 6.07) is 8.88. The second kappa shape index (κ2) is 5.51. The number of rotatable bonds is 3. The molecule has 0 saturated carbocycles. The van der Waals surface area contributed by atoms with Crippen LogP contribution in [0.15, 0.2) is 36.5 Å². The maximum absolute atomic E-state index is 12.1. The lowest BCUT2D eigenvalue weighted by molar-refractivity contribution is 0.0987. The van der Waals surface area contributed by atoms with Crippen LogP contribution in [0, 0.1) is 6.92 Å². The Balaban J connectivity index is 2.22. The lowest BCUT2D eigenvalue weighted by Gasteiger charge is -2.04. The summed E-state index contributed by atoms with van der Waals surface area (Å²) in [6.45, 7) is 1.87. The molecule has 0 radical (unpaired) electrons. The Bertz CT molecular complexity index is 596. The van der Waals surface area contributed by atoms with E-state index in [9.17, 15) is 4.79 Å². The predicted octanol–water partition coefficient (Wildman–Crippen LogP) is 4.12. The molecule has 2 nitrogen and oxygen atoms in total. The van der Waals surface area contributed by atoms with E-state index in [1.165, 1.54) is 0 Å². The Morgan fingerprint density at radius 2 is 2.00 bits per heavy atom. The van der Waals surface area contributed by atoms with Gasteiger partial charge in [0.2, 0.25) is 0 Å². The normalized spacial score (nSPS) is 10.4. The number of carbonyl (C=O) groups excluding carboxylic acids is 1. The van der Waals surface area contributed by atoms with Gasteiger partial charge < -0.3 is 0 Å². The molecule has 92 valence electrons. The first-order valence-corrected chi connectivity index (χ1v) is 6.22. The van der Waals surface area contributed by atoms with Crippen LogP contribution in [-0.2, 0) is 6.42 Å². The molecular formula is C14H11Cl2NO. The number of pyridine rings is 1. The summed E-state index contributed by atoms with van der Waals surface area (Å²) >= 11 is 11.7. The average molecular weight is 280 g/mol. The zero-order valence-corrected chi connectivity index (χ0v) is 11.3. The van der Waals surface area contributed by atoms with Crippen molar-refractivity contribution < 1.29 is 4.79 Å². The molecule has 0 spiro atoms. The van der Waals surface area contributed by atoms with Gasteiger partial charge in [-0.3, -0.25) is 9.78 Å². The summed E-state index contributed by atoms with van der Waals surface area (Å²) in [6.07, 6.45) is 1.89. The molecular weight excluding hydrogens is 269 g/mol. The van der Waals surface area contributed by atoms with Crippen LogP contribution in [0.3, 0.4) is 0 Å². The quantitative estimate of drug-likeness (QED) is 0.791. The highest BCUT2D eigenvalue weighted by atomic mass is 35.5. The molecule has 0 aliphatic rings. The van der Waals surface area contributed by atoms with Crippen molar-refractivity contribution in [2.24, 2.45) is 0 Å². The number of carbonyl (C=O) groups is 1. The van der Waals surface area contributed by atoms with E-state index in [4.69, 9.17) is 23.2 Å². The van der Waals surface area contributed by atoms with E-state index in [2.05, 4.69) is 4.98 Å². The van der Waals surface area contributed by atoms with Crippen LogP contribution in [0.4, 0.5) is 0 Å². The third-order valence-electron chi connectivity index (χ3n) is 2.62. The van der Waals surface area contributed by atoms with Gasteiger partial charge in [0.15, 0.2) is 5.78 Å². The molecule has 4 heteroatoms. The van der Waals surface area contributed by atoms with Crippen LogP contribution < -0.4 is 0 Å². The van der Waals surface area contributed by atoms with Gasteiger partial charge in [0.25, 0.3) is 0 Å². The molecule has 0 N–H and O–H groups in total. The Kier molecular flexibility index (Phi) is 4.00. The monoisotopic (exact) mass is 279 g/mol. The standard InChI is InChI=1S/C14H11Cl2NO/c1-9-3-2-6-17-14(9)13(18)8-10-4-5-11(15)12(16)7-10/h2-7H,8H2,1H3. The van der Waals surface area contributed by atoms with Crippen LogP contribution in [0.5, 0.6) is 0 Å². The lowest BCUT2D eigenvalue weighted by atomic mass is 10.0. The summed E-state index contributed by atoms with van der Waals surface area (Å²) in [4.78, 5) is 16.2. The lowest BCUT2D eigenvalue weighted by Crippen LogP contribution is -2.07. The number of benzene rings is 1. The summed E-state index contributed by atoms with van der Waals surface area (Å²) in [5, 5.41) is 0.946. The number of Topliss-reactive ketones (excluding diaryl/α,β-unsaturated/α-hetero) is 1. The number of ketones is 1. The van der Waals surface area contributed by atoms with Gasteiger partial charge in [-0.2, -0.15) is 0 Å². The molecule has 1 heterocycles. The maximum Gasteiger partial charge on any atom is 0.185 e. The summed E-state index contributed by atoms with van der Waals surface area (Å²) < 4.78 is 0. The molecule has 2 rings (SSSR count). The summed E-state index contributed by atoms with van der Waals surface area (Å²) in [7, 11) is 0. The molecule has 1 aromatic carbocycles. The van der Waals surface area contributed by atoms with Gasteiger partial charge in [0.1, 0.15) is 5.69 Å². The molecule has 0 amide bonds. The molecule has 0 aliphatic carbocycles. The van der Waals surface area contributed by atoms with Gasteiger partial charge >= 0.3 is 0 Å². The van der Waals surface area contributed by atoms with Crippen molar-refractivity contribution in [1.29, 1.82) is 0 Å². The highest BCUT2D eigenvalue weighted by Gasteiger charge is 2.11. The molecule has 2 aromatic rings. The fourth-order valence-electron chi connectivity index (χ4n) is 1.70. The van der Waals surface area contributed by atoms with Crippen molar-refractivity contribution >= 4 is 29.0 Å². The minimum Gasteiger partial charge on any atom is -0.292 e. The first-order valence-electron chi connectivity index (χ1n) is 5.46. The minimum absolute atomic E-state index is 0.0218. The van der Waals surface area contributed by atoms with Gasteiger partial charge in [0.05, 0.1) is 10.0 Å². The number of nitrogens with zero attached hydrogens (tertiary/aromatic N) is 1. The van der Waals surface area contributed by atoms with Crippen LogP contribution >= 0.6 is 23.2 Å². The molecule has 1 aromatic heterocycles. The Morgan fingerprint density at radius 1 is 1.22 bits per heavy atom. The van der Waals surface area contributed by atoms with E-state index in [1.54, 1.807) is 24.4 Å². The molecule has 18 heavy (non-hydrogen) atoms. The van der Waals surface area contributed by atoms with Gasteiger partial charge in [-0.1, -0.05) is 35.3 Å². The molecule has 0 aliphatic heterocycles. The zero-order chi connectivity index (χ0) is 13.1. The van der Waals surface area contributed by atoms with Crippen LogP contribution in [0.25, 0.3) is 0 Å². The fraction of sp³-hybridized carbons (Fsp3) is 0.143. The second-order valence-electron chi connectivity index (χ2n) is 4.02. The van der Waals surface area contributed by atoms with E-state index in [0.29, 0.717) is 15.7 Å². The Morgan fingerprint density at radius 3 is 2.67 bits per heavy atom. The van der Waals surface area contributed by atoms with Gasteiger partial charge in [-0.25, -0.2) is 0 Å². The highest BCUT2D eigenvalue weighted by Crippen LogP contribution is 2.23. The number of hydrogen-bond acceptors (Lipinski definition) is 2. The van der Waals surface area contributed by atoms with Crippen molar-refractivity contribution in [1.82, 2.24) is 4.98 Å². The predicted molar refractivity (Wildman–Crippen MR) is 73.5 cm³/mol. The first-order chi connectivity index (χ1) is 8.58. The maximum atomic E-state index is 12.1. The van der Waals surface area contributed by atoms with Crippen molar-refractivity contribution in [3.8, 4) is 0 Å². The average Bonchev–Trinajstić information content (AvgIpc) is 2.34. The SMILES string of the molecule is Cc1cccnc1C(=O)Cc1ccc(Cl)c(Cl)c1. The number of hydrogen-bond donors (Lipinski definition) is 0.